The third-order valence-electron chi connectivity index (χ3n) is 5.25. The molecule has 0 fully saturated rings. The molecule has 0 unspecified atom stereocenters. The molecule has 0 heterocycles. The molecule has 8 nitrogen and oxygen atoms in total. The number of sulfonamides is 2. The Morgan fingerprint density at radius 1 is 0.743 bits per heavy atom. The predicted molar refractivity (Wildman–Crippen MR) is 135 cm³/mol. The van der Waals surface area contributed by atoms with Gasteiger partial charge < -0.3 is 5.32 Å². The minimum atomic E-state index is -3.94. The third-order valence-corrected chi connectivity index (χ3v) is 8.53. The van der Waals surface area contributed by atoms with Crippen LogP contribution in [0, 0.1) is 13.8 Å². The highest BCUT2D eigenvalue weighted by Gasteiger charge is 2.27. The summed E-state index contributed by atoms with van der Waals surface area (Å²) in [5.41, 5.74) is 2.60. The lowest BCUT2D eigenvalue weighted by Crippen LogP contribution is -2.42. The van der Waals surface area contributed by atoms with Gasteiger partial charge in [-0.05, 0) is 43.7 Å². The molecule has 3 rings (SSSR count). The molecule has 0 spiro atoms. The van der Waals surface area contributed by atoms with E-state index in [9.17, 15) is 21.6 Å². The molecule has 0 aliphatic rings. The average molecular weight is 516 g/mol. The lowest BCUT2D eigenvalue weighted by molar-refractivity contribution is -0.121. The first kappa shape index (κ1) is 26.6. The van der Waals surface area contributed by atoms with Crippen LogP contribution in [0.4, 0.5) is 0 Å². The van der Waals surface area contributed by atoms with Gasteiger partial charge in [0.25, 0.3) is 0 Å². The summed E-state index contributed by atoms with van der Waals surface area (Å²) in [4.78, 5) is 12.8. The van der Waals surface area contributed by atoms with Gasteiger partial charge in [-0.1, -0.05) is 65.7 Å². The Bertz CT molecular complexity index is 1340. The van der Waals surface area contributed by atoms with Gasteiger partial charge in [-0.3, -0.25) is 4.79 Å². The van der Waals surface area contributed by atoms with E-state index in [-0.39, 0.29) is 29.4 Å². The summed E-state index contributed by atoms with van der Waals surface area (Å²) < 4.78 is 54.8. The maximum atomic E-state index is 13.3. The van der Waals surface area contributed by atoms with Gasteiger partial charge in [0.05, 0.1) is 16.3 Å². The van der Waals surface area contributed by atoms with Gasteiger partial charge >= 0.3 is 0 Å². The van der Waals surface area contributed by atoms with Crippen molar-refractivity contribution < 1.29 is 21.6 Å². The number of rotatable bonds is 11. The molecule has 0 aliphatic heterocycles. The summed E-state index contributed by atoms with van der Waals surface area (Å²) in [6.45, 7) is 3.30. The number of nitrogens with zero attached hydrogens (tertiary/aromatic N) is 1. The summed E-state index contributed by atoms with van der Waals surface area (Å²) in [6, 6.07) is 21.8. The predicted octanol–water partition coefficient (Wildman–Crippen LogP) is 2.59. The molecule has 0 radical (unpaired) electrons. The summed E-state index contributed by atoms with van der Waals surface area (Å²) in [5, 5.41) is 2.59. The van der Waals surface area contributed by atoms with Crippen LogP contribution in [-0.2, 0) is 31.4 Å². The first-order valence-corrected chi connectivity index (χ1v) is 13.9. The molecule has 35 heavy (non-hydrogen) atoms. The molecule has 0 bridgehead atoms. The van der Waals surface area contributed by atoms with Gasteiger partial charge in [0.2, 0.25) is 26.0 Å². The van der Waals surface area contributed by atoms with Crippen LogP contribution in [0.25, 0.3) is 0 Å². The van der Waals surface area contributed by atoms with Crippen LogP contribution in [0.15, 0.2) is 88.7 Å². The van der Waals surface area contributed by atoms with Gasteiger partial charge in [0, 0.05) is 19.6 Å². The number of hydrogen-bond acceptors (Lipinski definition) is 5. The van der Waals surface area contributed by atoms with Crippen molar-refractivity contribution in [3.8, 4) is 0 Å². The minimum absolute atomic E-state index is 0.00762. The van der Waals surface area contributed by atoms with Gasteiger partial charge in [-0.15, -0.1) is 0 Å². The standard InChI is InChI=1S/C25H29N3O5S2/c1-20-8-12-23(13-9-20)34(30,31)27-17-16-26-25(29)19-28(18-22-6-4-3-5-7-22)35(32,33)24-14-10-21(2)11-15-24/h3-15,27H,16-19H2,1-2H3,(H,26,29). The van der Waals surface area contributed by atoms with Crippen molar-refractivity contribution in [2.45, 2.75) is 30.2 Å². The molecule has 0 saturated heterocycles. The third kappa shape index (κ3) is 7.46. The fraction of sp³-hybridized carbons (Fsp3) is 0.240. The SMILES string of the molecule is Cc1ccc(S(=O)(=O)NCCNC(=O)CN(Cc2ccccc2)S(=O)(=O)c2ccc(C)cc2)cc1. The van der Waals surface area contributed by atoms with Crippen LogP contribution < -0.4 is 10.0 Å². The van der Waals surface area contributed by atoms with E-state index in [0.717, 1.165) is 21.0 Å². The highest BCUT2D eigenvalue weighted by molar-refractivity contribution is 7.89. The second kappa shape index (κ2) is 11.6. The van der Waals surface area contributed by atoms with Crippen molar-refractivity contribution in [3.63, 3.8) is 0 Å². The van der Waals surface area contributed by atoms with Crippen molar-refractivity contribution >= 4 is 26.0 Å². The Labute approximate surface area is 207 Å². The molecule has 10 heteroatoms. The maximum absolute atomic E-state index is 13.3. The lowest BCUT2D eigenvalue weighted by Gasteiger charge is -2.22. The normalized spacial score (nSPS) is 12.0. The van der Waals surface area contributed by atoms with Crippen LogP contribution in [0.3, 0.4) is 0 Å². The summed E-state index contributed by atoms with van der Waals surface area (Å²) in [5.74, 6) is -0.536. The molecule has 0 atom stereocenters. The molecule has 3 aromatic carbocycles. The maximum Gasteiger partial charge on any atom is 0.243 e. The Hall–Kier alpha value is -3.05. The van der Waals surface area contributed by atoms with Crippen molar-refractivity contribution in [1.82, 2.24) is 14.3 Å². The first-order valence-electron chi connectivity index (χ1n) is 11.0. The Balaban J connectivity index is 1.64. The van der Waals surface area contributed by atoms with Crippen LogP contribution in [0.2, 0.25) is 0 Å². The number of amides is 1. The van der Waals surface area contributed by atoms with E-state index in [2.05, 4.69) is 10.0 Å². The Morgan fingerprint density at radius 3 is 1.86 bits per heavy atom. The zero-order valence-corrected chi connectivity index (χ0v) is 21.3. The topological polar surface area (TPSA) is 113 Å². The molecular formula is C25H29N3O5S2. The lowest BCUT2D eigenvalue weighted by atomic mass is 10.2. The van der Waals surface area contributed by atoms with E-state index >= 15 is 0 Å². The second-order valence-electron chi connectivity index (χ2n) is 8.13. The van der Waals surface area contributed by atoms with E-state index in [1.165, 1.54) is 24.3 Å². The highest BCUT2D eigenvalue weighted by Crippen LogP contribution is 2.19. The zero-order chi connectivity index (χ0) is 25.5. The van der Waals surface area contributed by atoms with Crippen LogP contribution in [0.1, 0.15) is 16.7 Å². The first-order chi connectivity index (χ1) is 16.6. The van der Waals surface area contributed by atoms with Gasteiger partial charge in [-0.2, -0.15) is 4.31 Å². The average Bonchev–Trinajstić information content (AvgIpc) is 2.83. The highest BCUT2D eigenvalue weighted by atomic mass is 32.2. The van der Waals surface area contributed by atoms with Gasteiger partial charge in [0.1, 0.15) is 0 Å². The fourth-order valence-corrected chi connectivity index (χ4v) is 5.69. The molecule has 186 valence electrons. The van der Waals surface area contributed by atoms with Gasteiger partial charge in [-0.25, -0.2) is 21.6 Å². The van der Waals surface area contributed by atoms with Crippen LogP contribution in [-0.4, -0.2) is 46.7 Å². The van der Waals surface area contributed by atoms with Crippen molar-refractivity contribution in [2.24, 2.45) is 0 Å². The summed E-state index contributed by atoms with van der Waals surface area (Å²) in [7, 11) is -7.65. The molecule has 3 aromatic rings. The fourth-order valence-electron chi connectivity index (χ4n) is 3.28. The smallest absolute Gasteiger partial charge is 0.243 e. The summed E-state index contributed by atoms with van der Waals surface area (Å²) >= 11 is 0. The molecule has 0 saturated carbocycles. The molecule has 0 aliphatic carbocycles. The Morgan fingerprint density at radius 2 is 1.29 bits per heavy atom. The van der Waals surface area contributed by atoms with Crippen molar-refractivity contribution in [2.75, 3.05) is 19.6 Å². The number of nitrogens with one attached hydrogen (secondary N) is 2. The van der Waals surface area contributed by atoms with E-state index in [0.29, 0.717) is 0 Å². The number of carbonyl (C=O) groups is 1. The van der Waals surface area contributed by atoms with E-state index in [1.54, 1.807) is 48.5 Å². The van der Waals surface area contributed by atoms with E-state index in [1.807, 2.05) is 19.9 Å². The van der Waals surface area contributed by atoms with Crippen molar-refractivity contribution in [1.29, 1.82) is 0 Å². The number of carbonyl (C=O) groups excluding carboxylic acids is 1. The van der Waals surface area contributed by atoms with Crippen LogP contribution in [0.5, 0.6) is 0 Å². The van der Waals surface area contributed by atoms with E-state index in [4.69, 9.17) is 0 Å². The number of aryl methyl sites for hydroxylation is 2. The van der Waals surface area contributed by atoms with Crippen molar-refractivity contribution in [3.05, 3.63) is 95.6 Å². The number of hydrogen-bond donors (Lipinski definition) is 2. The van der Waals surface area contributed by atoms with Gasteiger partial charge in [0.15, 0.2) is 0 Å². The number of benzene rings is 3. The van der Waals surface area contributed by atoms with Crippen LogP contribution >= 0.6 is 0 Å². The largest absolute Gasteiger partial charge is 0.354 e. The molecule has 2 N–H and O–H groups in total. The quantitative estimate of drug-likeness (QED) is 0.381. The zero-order valence-electron chi connectivity index (χ0n) is 19.6. The minimum Gasteiger partial charge on any atom is -0.354 e. The monoisotopic (exact) mass is 515 g/mol. The van der Waals surface area contributed by atoms with E-state index < -0.39 is 32.5 Å². The summed E-state index contributed by atoms with van der Waals surface area (Å²) in [6.07, 6.45) is 0. The molecule has 1 amide bonds. The molecular weight excluding hydrogens is 486 g/mol. The molecule has 0 aromatic heterocycles. The Kier molecular flexibility index (Phi) is 8.79. The second-order valence-corrected chi connectivity index (χ2v) is 11.8.